The van der Waals surface area contributed by atoms with Gasteiger partial charge in [0.1, 0.15) is 0 Å². The van der Waals surface area contributed by atoms with Crippen LogP contribution < -0.4 is 5.73 Å². The molecule has 2 atom stereocenters. The third-order valence-corrected chi connectivity index (χ3v) is 3.04. The first-order chi connectivity index (χ1) is 8.81. The van der Waals surface area contributed by atoms with Gasteiger partial charge in [0.25, 0.3) is 0 Å². The molecule has 0 aliphatic carbocycles. The number of hydrogen-bond acceptors (Lipinski definition) is 5. The Balaban J connectivity index is 1.95. The topological polar surface area (TPSA) is 77.6 Å². The van der Waals surface area contributed by atoms with E-state index in [4.69, 9.17) is 20.3 Å². The molecule has 1 aromatic rings. The molecule has 0 radical (unpaired) electrons. The van der Waals surface area contributed by atoms with Gasteiger partial charge in [-0.3, -0.25) is 4.98 Å². The number of rotatable bonds is 5. The van der Waals surface area contributed by atoms with Gasteiger partial charge in [0.2, 0.25) is 0 Å². The molecular formula is C13H20N2O3. The molecule has 1 aliphatic rings. The number of aromatic nitrogens is 1. The summed E-state index contributed by atoms with van der Waals surface area (Å²) in [6.07, 6.45) is 4.72. The summed E-state index contributed by atoms with van der Waals surface area (Å²) < 4.78 is 11.2. The SMILES string of the molecule is N[C@H](CO)c1ncccc1CO[C@H]1CCCCO1. The van der Waals surface area contributed by atoms with Crippen molar-refractivity contribution in [2.45, 2.75) is 38.2 Å². The highest BCUT2D eigenvalue weighted by atomic mass is 16.7. The third-order valence-electron chi connectivity index (χ3n) is 3.04. The molecule has 1 aliphatic heterocycles. The molecule has 1 fully saturated rings. The maximum atomic E-state index is 9.10. The number of hydrogen-bond donors (Lipinski definition) is 2. The first-order valence-electron chi connectivity index (χ1n) is 6.34. The summed E-state index contributed by atoms with van der Waals surface area (Å²) in [5, 5.41) is 9.10. The van der Waals surface area contributed by atoms with E-state index in [2.05, 4.69) is 4.98 Å². The predicted octanol–water partition coefficient (Wildman–Crippen LogP) is 1.12. The Kier molecular flexibility index (Phi) is 5.07. The van der Waals surface area contributed by atoms with Gasteiger partial charge in [0, 0.05) is 18.4 Å². The van der Waals surface area contributed by atoms with Crippen LogP contribution >= 0.6 is 0 Å². The molecule has 0 aromatic carbocycles. The van der Waals surface area contributed by atoms with Gasteiger partial charge in [0.15, 0.2) is 6.29 Å². The Morgan fingerprint density at radius 2 is 2.44 bits per heavy atom. The molecule has 2 heterocycles. The molecule has 1 aromatic heterocycles. The van der Waals surface area contributed by atoms with Crippen LogP contribution in [0.1, 0.15) is 36.6 Å². The average Bonchev–Trinajstić information content (AvgIpc) is 2.45. The van der Waals surface area contributed by atoms with Gasteiger partial charge in [-0.15, -0.1) is 0 Å². The van der Waals surface area contributed by atoms with E-state index in [-0.39, 0.29) is 12.9 Å². The number of ether oxygens (including phenoxy) is 2. The maximum absolute atomic E-state index is 9.10. The van der Waals surface area contributed by atoms with Crippen molar-refractivity contribution in [2.24, 2.45) is 5.73 Å². The zero-order valence-corrected chi connectivity index (χ0v) is 10.4. The second-order valence-electron chi connectivity index (χ2n) is 4.44. The fourth-order valence-corrected chi connectivity index (χ4v) is 2.02. The van der Waals surface area contributed by atoms with Gasteiger partial charge in [-0.2, -0.15) is 0 Å². The zero-order valence-electron chi connectivity index (χ0n) is 10.4. The number of nitrogens with zero attached hydrogens (tertiary/aromatic N) is 1. The van der Waals surface area contributed by atoms with Crippen molar-refractivity contribution in [3.05, 3.63) is 29.6 Å². The van der Waals surface area contributed by atoms with E-state index in [0.717, 1.165) is 31.4 Å². The van der Waals surface area contributed by atoms with Crippen molar-refractivity contribution in [3.8, 4) is 0 Å². The number of nitrogens with two attached hydrogens (primary N) is 1. The molecule has 5 heteroatoms. The Hall–Kier alpha value is -1.01. The van der Waals surface area contributed by atoms with Crippen LogP contribution in [0.4, 0.5) is 0 Å². The van der Waals surface area contributed by atoms with Crippen LogP contribution in [0.5, 0.6) is 0 Å². The number of pyridine rings is 1. The number of aliphatic hydroxyl groups is 1. The van der Waals surface area contributed by atoms with E-state index in [1.54, 1.807) is 6.20 Å². The smallest absolute Gasteiger partial charge is 0.158 e. The summed E-state index contributed by atoms with van der Waals surface area (Å²) in [5.41, 5.74) is 7.41. The summed E-state index contributed by atoms with van der Waals surface area (Å²) in [6.45, 7) is 1.06. The minimum absolute atomic E-state index is 0.121. The predicted molar refractivity (Wildman–Crippen MR) is 66.6 cm³/mol. The molecule has 0 amide bonds. The van der Waals surface area contributed by atoms with E-state index in [1.165, 1.54) is 0 Å². The minimum atomic E-state index is -0.461. The molecule has 0 bridgehead atoms. The maximum Gasteiger partial charge on any atom is 0.158 e. The lowest BCUT2D eigenvalue weighted by molar-refractivity contribution is -0.169. The lowest BCUT2D eigenvalue weighted by Crippen LogP contribution is -2.23. The largest absolute Gasteiger partial charge is 0.394 e. The quantitative estimate of drug-likeness (QED) is 0.821. The summed E-state index contributed by atoms with van der Waals surface area (Å²) in [4.78, 5) is 4.21. The van der Waals surface area contributed by atoms with Crippen molar-refractivity contribution in [3.63, 3.8) is 0 Å². The van der Waals surface area contributed by atoms with E-state index in [0.29, 0.717) is 12.3 Å². The van der Waals surface area contributed by atoms with Gasteiger partial charge in [-0.05, 0) is 25.3 Å². The Morgan fingerprint density at radius 1 is 1.56 bits per heavy atom. The van der Waals surface area contributed by atoms with Crippen LogP contribution in [-0.2, 0) is 16.1 Å². The average molecular weight is 252 g/mol. The van der Waals surface area contributed by atoms with Gasteiger partial charge < -0.3 is 20.3 Å². The van der Waals surface area contributed by atoms with Crippen molar-refractivity contribution >= 4 is 0 Å². The van der Waals surface area contributed by atoms with Crippen LogP contribution in [0.25, 0.3) is 0 Å². The monoisotopic (exact) mass is 252 g/mol. The van der Waals surface area contributed by atoms with Crippen molar-refractivity contribution < 1.29 is 14.6 Å². The van der Waals surface area contributed by atoms with Gasteiger partial charge in [-0.1, -0.05) is 6.07 Å². The van der Waals surface area contributed by atoms with E-state index >= 15 is 0 Å². The van der Waals surface area contributed by atoms with Gasteiger partial charge in [0.05, 0.1) is 24.9 Å². The van der Waals surface area contributed by atoms with Crippen LogP contribution in [-0.4, -0.2) is 29.6 Å². The summed E-state index contributed by atoms with van der Waals surface area (Å²) in [6, 6.07) is 3.30. The minimum Gasteiger partial charge on any atom is -0.394 e. The fourth-order valence-electron chi connectivity index (χ4n) is 2.02. The second-order valence-corrected chi connectivity index (χ2v) is 4.44. The molecule has 5 nitrogen and oxygen atoms in total. The highest BCUT2D eigenvalue weighted by molar-refractivity contribution is 5.21. The molecule has 3 N–H and O–H groups in total. The van der Waals surface area contributed by atoms with E-state index in [1.807, 2.05) is 12.1 Å². The third kappa shape index (κ3) is 3.49. The highest BCUT2D eigenvalue weighted by Crippen LogP contribution is 2.18. The van der Waals surface area contributed by atoms with Crippen molar-refractivity contribution in [1.29, 1.82) is 0 Å². The molecule has 2 rings (SSSR count). The Labute approximate surface area is 107 Å². The van der Waals surface area contributed by atoms with E-state index < -0.39 is 6.04 Å². The fraction of sp³-hybridized carbons (Fsp3) is 0.615. The lowest BCUT2D eigenvalue weighted by Gasteiger charge is -2.23. The van der Waals surface area contributed by atoms with Gasteiger partial charge >= 0.3 is 0 Å². The first kappa shape index (κ1) is 13.4. The first-order valence-corrected chi connectivity index (χ1v) is 6.34. The Bertz CT molecular complexity index is 367. The molecule has 100 valence electrons. The second kappa shape index (κ2) is 6.80. The standard InChI is InChI=1S/C13H20N2O3/c14-11(8-16)13-10(4-3-6-15-13)9-18-12-5-1-2-7-17-12/h3-4,6,11-12,16H,1-2,5,7-9,14H2/t11-,12+/m1/s1. The highest BCUT2D eigenvalue weighted by Gasteiger charge is 2.16. The molecule has 1 saturated heterocycles. The van der Waals surface area contributed by atoms with Crippen LogP contribution in [0, 0.1) is 0 Å². The van der Waals surface area contributed by atoms with E-state index in [9.17, 15) is 0 Å². The molecule has 0 saturated carbocycles. The van der Waals surface area contributed by atoms with Crippen LogP contribution in [0.3, 0.4) is 0 Å². The Morgan fingerprint density at radius 3 is 3.17 bits per heavy atom. The van der Waals surface area contributed by atoms with Crippen LogP contribution in [0.2, 0.25) is 0 Å². The summed E-state index contributed by atoms with van der Waals surface area (Å²) in [7, 11) is 0. The lowest BCUT2D eigenvalue weighted by atomic mass is 10.1. The van der Waals surface area contributed by atoms with Crippen molar-refractivity contribution in [2.75, 3.05) is 13.2 Å². The molecular weight excluding hydrogens is 232 g/mol. The molecule has 18 heavy (non-hydrogen) atoms. The zero-order chi connectivity index (χ0) is 12.8. The molecule has 0 unspecified atom stereocenters. The van der Waals surface area contributed by atoms with Crippen LogP contribution in [0.15, 0.2) is 18.3 Å². The van der Waals surface area contributed by atoms with Gasteiger partial charge in [-0.25, -0.2) is 0 Å². The molecule has 0 spiro atoms. The van der Waals surface area contributed by atoms with Crippen molar-refractivity contribution in [1.82, 2.24) is 4.98 Å². The number of aliphatic hydroxyl groups excluding tert-OH is 1. The summed E-state index contributed by atoms with van der Waals surface area (Å²) in [5.74, 6) is 0. The summed E-state index contributed by atoms with van der Waals surface area (Å²) >= 11 is 0. The normalized spacial score (nSPS) is 21.8.